The van der Waals surface area contributed by atoms with E-state index in [2.05, 4.69) is 15.2 Å². The van der Waals surface area contributed by atoms with Gasteiger partial charge in [-0.15, -0.1) is 0 Å². The van der Waals surface area contributed by atoms with Crippen LogP contribution in [0, 0.1) is 5.82 Å². The van der Waals surface area contributed by atoms with Crippen LogP contribution in [0.3, 0.4) is 0 Å². The Morgan fingerprint density at radius 2 is 1.87 bits per heavy atom. The predicted octanol–water partition coefficient (Wildman–Crippen LogP) is 3.42. The van der Waals surface area contributed by atoms with Crippen molar-refractivity contribution in [2.24, 2.45) is 4.99 Å². The first-order chi connectivity index (χ1) is 14.5. The van der Waals surface area contributed by atoms with E-state index in [1.807, 2.05) is 25.1 Å². The third kappa shape index (κ3) is 5.42. The van der Waals surface area contributed by atoms with Crippen molar-refractivity contribution < 1.29 is 18.6 Å². The van der Waals surface area contributed by atoms with Crippen molar-refractivity contribution in [1.29, 1.82) is 0 Å². The third-order valence-corrected chi connectivity index (χ3v) is 5.16. The first kappa shape index (κ1) is 21.9. The zero-order valence-corrected chi connectivity index (χ0v) is 18.0. The number of nitrogens with zero attached hydrogens (tertiary/aromatic N) is 2. The molecule has 2 aromatic rings. The predicted molar refractivity (Wildman–Crippen MR) is 116 cm³/mol. The summed E-state index contributed by atoms with van der Waals surface area (Å²) in [6, 6.07) is 12.4. The number of hydrogen-bond donors (Lipinski definition) is 1. The van der Waals surface area contributed by atoms with Gasteiger partial charge in [-0.05, 0) is 48.7 Å². The van der Waals surface area contributed by atoms with Crippen molar-refractivity contribution >= 4 is 5.96 Å². The molecule has 0 amide bonds. The Bertz CT molecular complexity index is 857. The quantitative estimate of drug-likeness (QED) is 0.579. The molecule has 1 saturated heterocycles. The zero-order valence-electron chi connectivity index (χ0n) is 18.0. The minimum Gasteiger partial charge on any atom is -0.493 e. The van der Waals surface area contributed by atoms with E-state index in [1.54, 1.807) is 33.4 Å². The average Bonchev–Trinajstić information content (AvgIpc) is 2.76. The van der Waals surface area contributed by atoms with Gasteiger partial charge in [0, 0.05) is 20.1 Å². The molecule has 2 unspecified atom stereocenters. The largest absolute Gasteiger partial charge is 0.493 e. The fourth-order valence-corrected chi connectivity index (χ4v) is 3.67. The first-order valence-electron chi connectivity index (χ1n) is 10.1. The van der Waals surface area contributed by atoms with Crippen LogP contribution in [0.25, 0.3) is 0 Å². The molecule has 3 rings (SSSR count). The van der Waals surface area contributed by atoms with Gasteiger partial charge in [-0.3, -0.25) is 4.99 Å². The summed E-state index contributed by atoms with van der Waals surface area (Å²) in [6.07, 6.45) is 0.734. The molecule has 1 N–H and O–H groups in total. The van der Waals surface area contributed by atoms with Gasteiger partial charge in [-0.25, -0.2) is 4.39 Å². The second-order valence-corrected chi connectivity index (χ2v) is 7.31. The maximum atomic E-state index is 13.3. The molecular weight excluding hydrogens is 385 g/mol. The molecule has 1 heterocycles. The van der Waals surface area contributed by atoms with Crippen LogP contribution in [0.4, 0.5) is 4.39 Å². The number of hydrogen-bond acceptors (Lipinski definition) is 4. The number of aliphatic imine (C=N–C) groups is 1. The number of ether oxygens (including phenoxy) is 3. The van der Waals surface area contributed by atoms with E-state index in [0.29, 0.717) is 6.54 Å². The van der Waals surface area contributed by atoms with Crippen molar-refractivity contribution in [2.75, 3.05) is 40.9 Å². The van der Waals surface area contributed by atoms with Gasteiger partial charge in [0.15, 0.2) is 17.5 Å². The van der Waals surface area contributed by atoms with Crippen LogP contribution in [0.1, 0.15) is 24.2 Å². The molecule has 0 aromatic heterocycles. The molecule has 7 heteroatoms. The first-order valence-corrected chi connectivity index (χ1v) is 10.1. The van der Waals surface area contributed by atoms with Crippen LogP contribution in [-0.4, -0.2) is 57.9 Å². The van der Waals surface area contributed by atoms with Gasteiger partial charge in [0.2, 0.25) is 0 Å². The van der Waals surface area contributed by atoms with Crippen LogP contribution < -0.4 is 14.8 Å². The second-order valence-electron chi connectivity index (χ2n) is 7.31. The highest BCUT2D eigenvalue weighted by Gasteiger charge is 2.28. The number of guanidine groups is 1. The average molecular weight is 416 g/mol. The van der Waals surface area contributed by atoms with Gasteiger partial charge in [-0.2, -0.15) is 0 Å². The second kappa shape index (κ2) is 10.3. The summed E-state index contributed by atoms with van der Waals surface area (Å²) in [5, 5.41) is 3.44. The molecule has 6 nitrogen and oxygen atoms in total. The zero-order chi connectivity index (χ0) is 21.5. The van der Waals surface area contributed by atoms with Crippen molar-refractivity contribution in [3.63, 3.8) is 0 Å². The van der Waals surface area contributed by atoms with Crippen LogP contribution in [0.2, 0.25) is 0 Å². The lowest BCUT2D eigenvalue weighted by Gasteiger charge is -2.38. The van der Waals surface area contributed by atoms with Gasteiger partial charge < -0.3 is 24.4 Å². The molecule has 0 aliphatic carbocycles. The van der Waals surface area contributed by atoms with Gasteiger partial charge in [-0.1, -0.05) is 18.2 Å². The van der Waals surface area contributed by atoms with E-state index in [4.69, 9.17) is 14.2 Å². The van der Waals surface area contributed by atoms with E-state index in [9.17, 15) is 4.39 Å². The van der Waals surface area contributed by atoms with E-state index in [1.165, 1.54) is 12.1 Å². The smallest absolute Gasteiger partial charge is 0.193 e. The molecule has 1 aliphatic rings. The fraction of sp³-hybridized carbons (Fsp3) is 0.435. The maximum absolute atomic E-state index is 13.3. The summed E-state index contributed by atoms with van der Waals surface area (Å²) >= 11 is 0. The summed E-state index contributed by atoms with van der Waals surface area (Å²) in [4.78, 5) is 6.64. The van der Waals surface area contributed by atoms with Crippen molar-refractivity contribution in [2.45, 2.75) is 25.6 Å². The van der Waals surface area contributed by atoms with Crippen LogP contribution in [0.5, 0.6) is 11.5 Å². The third-order valence-electron chi connectivity index (χ3n) is 5.16. The van der Waals surface area contributed by atoms with E-state index in [0.717, 1.165) is 48.1 Å². The minimum absolute atomic E-state index is 0.0400. The number of benzene rings is 2. The van der Waals surface area contributed by atoms with Crippen molar-refractivity contribution in [3.8, 4) is 11.5 Å². The van der Waals surface area contributed by atoms with Gasteiger partial charge in [0.25, 0.3) is 0 Å². The Morgan fingerprint density at radius 1 is 1.13 bits per heavy atom. The standard InChI is InChI=1S/C23H30FN3O3/c1-16-14-27(15-22(30-16)18-6-8-19(24)9-7-18)23(25-2)26-12-11-17-5-10-20(28-3)21(13-17)29-4/h5-10,13,16,22H,11-12,14-15H2,1-4H3,(H,25,26). The SMILES string of the molecule is CN=C(NCCc1ccc(OC)c(OC)c1)N1CC(C)OC(c2ccc(F)cc2)C1. The van der Waals surface area contributed by atoms with Crippen molar-refractivity contribution in [1.82, 2.24) is 10.2 Å². The van der Waals surface area contributed by atoms with Crippen LogP contribution >= 0.6 is 0 Å². The highest BCUT2D eigenvalue weighted by molar-refractivity contribution is 5.80. The Morgan fingerprint density at radius 3 is 2.53 bits per heavy atom. The monoisotopic (exact) mass is 415 g/mol. The Hall–Kier alpha value is -2.80. The fourth-order valence-electron chi connectivity index (χ4n) is 3.67. The molecular formula is C23H30FN3O3. The maximum Gasteiger partial charge on any atom is 0.193 e. The molecule has 2 aromatic carbocycles. The molecule has 0 radical (unpaired) electrons. The molecule has 0 saturated carbocycles. The van der Waals surface area contributed by atoms with Crippen molar-refractivity contribution in [3.05, 3.63) is 59.4 Å². The highest BCUT2D eigenvalue weighted by atomic mass is 19.1. The normalized spacial score (nSPS) is 19.5. The molecule has 0 bridgehead atoms. The number of methoxy groups -OCH3 is 2. The van der Waals surface area contributed by atoms with Gasteiger partial charge in [0.1, 0.15) is 11.9 Å². The number of morpholine rings is 1. The van der Waals surface area contributed by atoms with Gasteiger partial charge in [0.05, 0.1) is 26.9 Å². The van der Waals surface area contributed by atoms with Gasteiger partial charge >= 0.3 is 0 Å². The topological polar surface area (TPSA) is 55.3 Å². The summed E-state index contributed by atoms with van der Waals surface area (Å²) in [5.41, 5.74) is 2.11. The summed E-state index contributed by atoms with van der Waals surface area (Å²) in [7, 11) is 5.05. The highest BCUT2D eigenvalue weighted by Crippen LogP contribution is 2.28. The minimum atomic E-state index is -0.243. The van der Waals surface area contributed by atoms with E-state index < -0.39 is 0 Å². The number of nitrogens with one attached hydrogen (secondary N) is 1. The summed E-state index contributed by atoms with van der Waals surface area (Å²) in [5.74, 6) is 2.03. The Kier molecular flexibility index (Phi) is 7.52. The molecule has 0 spiro atoms. The van der Waals surface area contributed by atoms with Crippen LogP contribution in [0.15, 0.2) is 47.5 Å². The Labute approximate surface area is 177 Å². The van der Waals surface area contributed by atoms with E-state index >= 15 is 0 Å². The lowest BCUT2D eigenvalue weighted by atomic mass is 10.1. The molecule has 162 valence electrons. The lowest BCUT2D eigenvalue weighted by molar-refractivity contribution is -0.0604. The molecule has 2 atom stereocenters. The summed E-state index contributed by atoms with van der Waals surface area (Å²) in [6.45, 7) is 4.18. The van der Waals surface area contributed by atoms with E-state index in [-0.39, 0.29) is 18.0 Å². The van der Waals surface area contributed by atoms with Crippen LogP contribution in [-0.2, 0) is 11.2 Å². The molecule has 1 fully saturated rings. The number of halogens is 1. The Balaban J connectivity index is 1.60. The lowest BCUT2D eigenvalue weighted by Crippen LogP contribution is -2.51. The molecule has 30 heavy (non-hydrogen) atoms. The number of rotatable bonds is 6. The summed E-state index contributed by atoms with van der Waals surface area (Å²) < 4.78 is 30.0. The molecule has 1 aliphatic heterocycles.